The molecule has 2 N–H and O–H groups in total. The molecular weight excluding hydrogens is 360 g/mol. The molecule has 2 aromatic heterocycles. The van der Waals surface area contributed by atoms with E-state index in [2.05, 4.69) is 20.2 Å². The van der Waals surface area contributed by atoms with E-state index in [4.69, 9.17) is 0 Å². The zero-order valence-corrected chi connectivity index (χ0v) is 14.9. The molecule has 27 heavy (non-hydrogen) atoms. The van der Waals surface area contributed by atoms with Crippen molar-refractivity contribution in [2.45, 2.75) is 5.16 Å². The minimum Gasteiger partial charge on any atom is -0.510 e. The van der Waals surface area contributed by atoms with Gasteiger partial charge in [0.2, 0.25) is 0 Å². The van der Waals surface area contributed by atoms with Gasteiger partial charge in [-0.2, -0.15) is 5.26 Å². The quantitative estimate of drug-likeness (QED) is 0.313. The lowest BCUT2D eigenvalue weighted by molar-refractivity contribution is 0.420. The van der Waals surface area contributed by atoms with E-state index < -0.39 is 0 Å². The van der Waals surface area contributed by atoms with Crippen LogP contribution in [0.1, 0.15) is 5.82 Å². The number of allylic oxidation sites excluding steroid dienone is 1. The number of aromatic amines is 1. The molecule has 0 spiro atoms. The molecule has 0 saturated carbocycles. The molecule has 0 atom stereocenters. The lowest BCUT2D eigenvalue weighted by Crippen LogP contribution is -1.98. The van der Waals surface area contributed by atoms with Crippen LogP contribution in [0.15, 0.2) is 71.8 Å². The summed E-state index contributed by atoms with van der Waals surface area (Å²) < 4.78 is 1.82. The Morgan fingerprint density at radius 1 is 1.15 bits per heavy atom. The predicted molar refractivity (Wildman–Crippen MR) is 103 cm³/mol. The zero-order chi connectivity index (χ0) is 18.6. The van der Waals surface area contributed by atoms with Crippen LogP contribution < -0.4 is 0 Å². The maximum atomic E-state index is 10.5. The number of rotatable bonds is 5. The van der Waals surface area contributed by atoms with Crippen molar-refractivity contribution in [3.63, 3.8) is 0 Å². The number of aliphatic hydroxyl groups is 1. The number of H-pyrrole nitrogens is 1. The highest BCUT2D eigenvalue weighted by Crippen LogP contribution is 2.25. The lowest BCUT2D eigenvalue weighted by atomic mass is 10.2. The van der Waals surface area contributed by atoms with Gasteiger partial charge in [0.15, 0.2) is 11.0 Å². The molecule has 0 saturated heterocycles. The molecule has 0 aliphatic carbocycles. The second-order valence-electron chi connectivity index (χ2n) is 5.64. The van der Waals surface area contributed by atoms with Crippen LogP contribution in [0.5, 0.6) is 0 Å². The molecule has 4 aromatic rings. The number of imidazole rings is 1. The van der Waals surface area contributed by atoms with Crippen LogP contribution in [-0.4, -0.2) is 35.6 Å². The number of nitriles is 1. The van der Waals surface area contributed by atoms with Gasteiger partial charge in [-0.1, -0.05) is 42.1 Å². The Morgan fingerprint density at radius 2 is 1.93 bits per heavy atom. The van der Waals surface area contributed by atoms with Gasteiger partial charge in [0.05, 0.1) is 16.8 Å². The fourth-order valence-corrected chi connectivity index (χ4v) is 3.43. The molecule has 0 unspecified atom stereocenters. The molecular formula is C19H14N6OS. The van der Waals surface area contributed by atoms with E-state index in [-0.39, 0.29) is 17.1 Å². The summed E-state index contributed by atoms with van der Waals surface area (Å²) in [6.45, 7) is 0. The van der Waals surface area contributed by atoms with Gasteiger partial charge in [0.25, 0.3) is 0 Å². The monoisotopic (exact) mass is 374 g/mol. The largest absolute Gasteiger partial charge is 0.510 e. The number of nitrogens with zero attached hydrogens (tertiary/aromatic N) is 5. The normalized spacial score (nSPS) is 12.0. The van der Waals surface area contributed by atoms with Crippen LogP contribution in [0.3, 0.4) is 0 Å². The van der Waals surface area contributed by atoms with Crippen molar-refractivity contribution in [3.8, 4) is 11.8 Å². The summed E-state index contributed by atoms with van der Waals surface area (Å²) in [4.78, 5) is 7.44. The van der Waals surface area contributed by atoms with Crippen molar-refractivity contribution < 1.29 is 5.11 Å². The SMILES string of the molecule is N#CC(=C(O)CSc1nncn1-c1ccccc1)c1nc2ccccc2[nH]1. The van der Waals surface area contributed by atoms with E-state index in [9.17, 15) is 10.4 Å². The van der Waals surface area contributed by atoms with Crippen molar-refractivity contribution in [2.75, 3.05) is 5.75 Å². The number of aliphatic hydroxyl groups excluding tert-OH is 1. The summed E-state index contributed by atoms with van der Waals surface area (Å²) in [5.41, 5.74) is 2.59. The first-order valence-electron chi connectivity index (χ1n) is 8.12. The molecule has 8 heteroatoms. The highest BCUT2D eigenvalue weighted by atomic mass is 32.2. The number of nitrogens with one attached hydrogen (secondary N) is 1. The molecule has 0 radical (unpaired) electrons. The van der Waals surface area contributed by atoms with Gasteiger partial charge in [-0.25, -0.2) is 4.98 Å². The first-order valence-corrected chi connectivity index (χ1v) is 9.10. The number of thioether (sulfide) groups is 1. The van der Waals surface area contributed by atoms with Gasteiger partial charge in [0.1, 0.15) is 23.7 Å². The third-order valence-corrected chi connectivity index (χ3v) is 4.87. The number of para-hydroxylation sites is 3. The minimum atomic E-state index is -0.0656. The van der Waals surface area contributed by atoms with Gasteiger partial charge in [-0.3, -0.25) is 4.57 Å². The van der Waals surface area contributed by atoms with Gasteiger partial charge < -0.3 is 10.1 Å². The third kappa shape index (κ3) is 3.41. The molecule has 0 aliphatic rings. The summed E-state index contributed by atoms with van der Waals surface area (Å²) in [6.07, 6.45) is 1.61. The molecule has 2 aromatic carbocycles. The number of benzene rings is 2. The summed E-state index contributed by atoms with van der Waals surface area (Å²) in [5.74, 6) is 0.455. The van der Waals surface area contributed by atoms with E-state index in [1.54, 1.807) is 6.33 Å². The van der Waals surface area contributed by atoms with Crippen molar-refractivity contribution >= 4 is 28.4 Å². The second kappa shape index (κ2) is 7.35. The lowest BCUT2D eigenvalue weighted by Gasteiger charge is -2.06. The Balaban J connectivity index is 1.59. The first-order chi connectivity index (χ1) is 13.3. The van der Waals surface area contributed by atoms with Gasteiger partial charge in [-0.15, -0.1) is 10.2 Å². The van der Waals surface area contributed by atoms with Gasteiger partial charge in [0, 0.05) is 5.69 Å². The molecule has 0 aliphatic heterocycles. The number of fused-ring (bicyclic) bond motifs is 1. The maximum Gasteiger partial charge on any atom is 0.196 e. The van der Waals surface area contributed by atoms with Crippen LogP contribution in [-0.2, 0) is 0 Å². The van der Waals surface area contributed by atoms with Crippen molar-refractivity contribution in [1.82, 2.24) is 24.7 Å². The van der Waals surface area contributed by atoms with Crippen LogP contribution >= 0.6 is 11.8 Å². The average molecular weight is 374 g/mol. The average Bonchev–Trinajstić information content (AvgIpc) is 3.34. The van der Waals surface area contributed by atoms with E-state index in [1.165, 1.54) is 11.8 Å². The number of hydrogen-bond donors (Lipinski definition) is 2. The molecule has 2 heterocycles. The maximum absolute atomic E-state index is 10.5. The summed E-state index contributed by atoms with van der Waals surface area (Å²) in [5, 5.41) is 28.6. The summed E-state index contributed by atoms with van der Waals surface area (Å²) in [7, 11) is 0. The van der Waals surface area contributed by atoms with Crippen molar-refractivity contribution in [3.05, 3.63) is 72.5 Å². The molecule has 0 fully saturated rings. The van der Waals surface area contributed by atoms with Crippen LogP contribution in [0.4, 0.5) is 0 Å². The minimum absolute atomic E-state index is 0.0656. The topological polar surface area (TPSA) is 103 Å². The Morgan fingerprint density at radius 3 is 2.70 bits per heavy atom. The molecule has 7 nitrogen and oxygen atoms in total. The van der Waals surface area contributed by atoms with Crippen LogP contribution in [0.2, 0.25) is 0 Å². The molecule has 0 amide bonds. The van der Waals surface area contributed by atoms with Crippen LogP contribution in [0.25, 0.3) is 22.3 Å². The van der Waals surface area contributed by atoms with Crippen molar-refractivity contribution in [2.24, 2.45) is 0 Å². The van der Waals surface area contributed by atoms with Gasteiger partial charge >= 0.3 is 0 Å². The van der Waals surface area contributed by atoms with Crippen molar-refractivity contribution in [1.29, 1.82) is 5.26 Å². The Bertz CT molecular complexity index is 1120. The fraction of sp³-hybridized carbons (Fsp3) is 0.0526. The highest BCUT2D eigenvalue weighted by molar-refractivity contribution is 7.99. The third-order valence-electron chi connectivity index (χ3n) is 3.92. The zero-order valence-electron chi connectivity index (χ0n) is 14.1. The Hall–Kier alpha value is -3.57. The van der Waals surface area contributed by atoms with Gasteiger partial charge in [-0.05, 0) is 24.3 Å². The Labute approximate surface area is 159 Å². The molecule has 132 valence electrons. The fourth-order valence-electron chi connectivity index (χ4n) is 2.62. The smallest absolute Gasteiger partial charge is 0.196 e. The summed E-state index contributed by atoms with van der Waals surface area (Å²) >= 11 is 1.29. The first kappa shape index (κ1) is 16.9. The molecule has 4 rings (SSSR count). The van der Waals surface area contributed by atoms with E-state index in [0.717, 1.165) is 16.7 Å². The van der Waals surface area contributed by atoms with Crippen LogP contribution in [0, 0.1) is 11.3 Å². The number of hydrogen-bond acceptors (Lipinski definition) is 6. The number of aromatic nitrogens is 5. The standard InChI is InChI=1S/C19H14N6OS/c20-10-14(18-22-15-8-4-5-9-16(15)23-18)17(26)11-27-19-24-21-12-25(19)13-6-2-1-3-7-13/h1-9,12,26H,11H2,(H,22,23). The Kier molecular flexibility index (Phi) is 4.60. The highest BCUT2D eigenvalue weighted by Gasteiger charge is 2.15. The second-order valence-corrected chi connectivity index (χ2v) is 6.59. The summed E-state index contributed by atoms with van der Waals surface area (Å²) in [6, 6.07) is 19.2. The van der Waals surface area contributed by atoms with E-state index in [0.29, 0.717) is 11.0 Å². The predicted octanol–water partition coefficient (Wildman–Crippen LogP) is 3.73. The molecule has 0 bridgehead atoms. The van der Waals surface area contributed by atoms with E-state index >= 15 is 0 Å². The van der Waals surface area contributed by atoms with E-state index in [1.807, 2.05) is 65.2 Å².